The Morgan fingerprint density at radius 2 is 1.43 bits per heavy atom. The number of aliphatic hydroxyl groups is 1. The number of Topliss-reactive ketones (excluding diaryl/α,β-unsaturated/α-hetero) is 1. The third-order valence-electron chi connectivity index (χ3n) is 12.1. The lowest BCUT2D eigenvalue weighted by molar-refractivity contribution is -0.313. The van der Waals surface area contributed by atoms with Gasteiger partial charge in [-0.25, -0.2) is 0 Å². The predicted octanol–water partition coefficient (Wildman–Crippen LogP) is 8.02. The van der Waals surface area contributed by atoms with Crippen molar-refractivity contribution in [1.29, 1.82) is 0 Å². The number of carbonyl (C=O) groups excluding carboxylic acids is 2. The lowest BCUT2D eigenvalue weighted by atomic mass is 9.84. The van der Waals surface area contributed by atoms with Gasteiger partial charge in [-0.05, 0) is 73.2 Å². The monoisotopic (exact) mass is 858 g/mol. The maximum absolute atomic E-state index is 14.1. The maximum atomic E-state index is 14.1. The molecule has 0 bridgehead atoms. The highest BCUT2D eigenvalue weighted by Gasteiger charge is 2.55. The molecule has 1 N–H and O–H groups in total. The summed E-state index contributed by atoms with van der Waals surface area (Å²) in [4.78, 5) is 27.0. The van der Waals surface area contributed by atoms with Gasteiger partial charge in [-0.15, -0.1) is 0 Å². The van der Waals surface area contributed by atoms with Gasteiger partial charge in [-0.1, -0.05) is 67.5 Å². The van der Waals surface area contributed by atoms with Crippen LogP contribution in [0.2, 0.25) is 36.3 Å². The number of ketones is 1. The first-order chi connectivity index (χ1) is 26.9. The molecule has 9 atom stereocenters. The van der Waals surface area contributed by atoms with E-state index >= 15 is 0 Å². The quantitative estimate of drug-likeness (QED) is 0.0439. The highest BCUT2D eigenvalue weighted by atomic mass is 28.4. The molecule has 1 fully saturated rings. The number of hydrogen-bond donors (Lipinski definition) is 1. The van der Waals surface area contributed by atoms with E-state index in [0.717, 1.165) is 17.7 Å². The molecule has 0 radical (unpaired) electrons. The van der Waals surface area contributed by atoms with Gasteiger partial charge in [0, 0.05) is 46.0 Å². The van der Waals surface area contributed by atoms with Crippen LogP contribution >= 0.6 is 0 Å². The van der Waals surface area contributed by atoms with Gasteiger partial charge in [0.2, 0.25) is 0 Å². The molecule has 1 heterocycles. The molecule has 0 amide bonds. The fraction of sp³-hybridized carbons (Fsp3) is 0.814. The zero-order valence-corrected chi connectivity index (χ0v) is 40.5. The standard InChI is InChI=1S/C43H78O13Si2/c1-29(34(45)19-17-18-24-50-26-32-20-22-33(49-12)23-21-32)35(46)25-36(53-31(3)44)39(55-57(13,14)42(4,5)6)38-30(2)37(51-27-47-10)40(52-28-48-11)41(54-38)56-58(15,16)43(7,8)9/h20-23,29-30,34,36-41,45H,17-19,24-28H2,1-16H3/t29-,30+,34+,36?,37+,38+,39+,40-,41+/m0/s1. The van der Waals surface area contributed by atoms with Crippen LogP contribution in [-0.2, 0) is 58.2 Å². The number of aliphatic hydroxyl groups excluding tert-OH is 1. The number of methoxy groups -OCH3 is 3. The highest BCUT2D eigenvalue weighted by molar-refractivity contribution is 6.74. The Morgan fingerprint density at radius 3 is 1.95 bits per heavy atom. The topological polar surface area (TPSA) is 147 Å². The average Bonchev–Trinajstić information content (AvgIpc) is 3.13. The molecule has 1 saturated heterocycles. The van der Waals surface area contributed by atoms with Crippen molar-refractivity contribution in [2.45, 2.75) is 174 Å². The molecule has 13 nitrogen and oxygen atoms in total. The van der Waals surface area contributed by atoms with E-state index in [2.05, 4.69) is 67.7 Å². The second-order valence-corrected chi connectivity index (χ2v) is 28.2. The molecule has 1 aromatic rings. The van der Waals surface area contributed by atoms with Gasteiger partial charge in [-0.3, -0.25) is 9.59 Å². The van der Waals surface area contributed by atoms with E-state index in [1.54, 1.807) is 28.3 Å². The van der Waals surface area contributed by atoms with Crippen LogP contribution in [0.3, 0.4) is 0 Å². The van der Waals surface area contributed by atoms with Crippen molar-refractivity contribution in [3.05, 3.63) is 29.8 Å². The van der Waals surface area contributed by atoms with Crippen molar-refractivity contribution in [3.63, 3.8) is 0 Å². The number of hydrogen-bond acceptors (Lipinski definition) is 13. The maximum Gasteiger partial charge on any atom is 0.303 e. The van der Waals surface area contributed by atoms with Crippen molar-refractivity contribution >= 4 is 28.4 Å². The van der Waals surface area contributed by atoms with Crippen molar-refractivity contribution in [1.82, 2.24) is 0 Å². The summed E-state index contributed by atoms with van der Waals surface area (Å²) in [7, 11) is -0.388. The second kappa shape index (κ2) is 23.5. The predicted molar refractivity (Wildman–Crippen MR) is 229 cm³/mol. The molecular formula is C43H78O13Si2. The van der Waals surface area contributed by atoms with Crippen LogP contribution in [-0.4, -0.2) is 118 Å². The Kier molecular flexibility index (Phi) is 21.2. The Morgan fingerprint density at radius 1 is 0.862 bits per heavy atom. The molecular weight excluding hydrogens is 781 g/mol. The fourth-order valence-electron chi connectivity index (χ4n) is 6.28. The number of carbonyl (C=O) groups is 2. The summed E-state index contributed by atoms with van der Waals surface area (Å²) in [5.74, 6) is -1.16. The van der Waals surface area contributed by atoms with Crippen molar-refractivity contribution in [2.24, 2.45) is 11.8 Å². The Hall–Kier alpha value is -1.77. The number of ether oxygens (including phenoxy) is 8. The minimum atomic E-state index is -2.63. The lowest BCUT2D eigenvalue weighted by Gasteiger charge is -2.52. The summed E-state index contributed by atoms with van der Waals surface area (Å²) >= 11 is 0. The Bertz CT molecular complexity index is 1360. The Labute approximate surface area is 351 Å². The van der Waals surface area contributed by atoms with Crippen LogP contribution < -0.4 is 4.74 Å². The van der Waals surface area contributed by atoms with Gasteiger partial charge >= 0.3 is 5.97 Å². The summed E-state index contributed by atoms with van der Waals surface area (Å²) in [6.45, 7) is 27.3. The van der Waals surface area contributed by atoms with Crippen LogP contribution in [0.15, 0.2) is 24.3 Å². The largest absolute Gasteiger partial charge is 0.497 e. The zero-order valence-electron chi connectivity index (χ0n) is 38.5. The summed E-state index contributed by atoms with van der Waals surface area (Å²) in [5, 5.41) is 10.8. The van der Waals surface area contributed by atoms with Crippen molar-refractivity contribution in [2.75, 3.05) is 41.5 Å². The number of benzene rings is 1. The summed E-state index contributed by atoms with van der Waals surface area (Å²) in [6, 6.07) is 7.72. The second-order valence-electron chi connectivity index (χ2n) is 18.7. The van der Waals surface area contributed by atoms with Gasteiger partial charge in [0.05, 0.1) is 32.0 Å². The minimum Gasteiger partial charge on any atom is -0.497 e. The molecule has 15 heteroatoms. The van der Waals surface area contributed by atoms with Gasteiger partial charge in [0.15, 0.2) is 22.9 Å². The molecule has 1 aliphatic heterocycles. The van der Waals surface area contributed by atoms with E-state index in [0.29, 0.717) is 26.1 Å². The van der Waals surface area contributed by atoms with Gasteiger partial charge < -0.3 is 51.9 Å². The molecule has 0 aromatic heterocycles. The third-order valence-corrected chi connectivity index (χ3v) is 21.0. The summed E-state index contributed by atoms with van der Waals surface area (Å²) in [5.41, 5.74) is 1.04. The molecule has 0 saturated carbocycles. The highest BCUT2D eigenvalue weighted by Crippen LogP contribution is 2.44. The van der Waals surface area contributed by atoms with Crippen molar-refractivity contribution in [3.8, 4) is 5.75 Å². The van der Waals surface area contributed by atoms with Crippen LogP contribution in [0.4, 0.5) is 0 Å². The first-order valence-electron chi connectivity index (χ1n) is 20.7. The SMILES string of the molecule is COCO[C@@H]1[C@@H](O[Si](C)(C)C(C)(C)C)O[C@@H]([C@H](O[Si](C)(C)C(C)(C)C)C(CC(=O)[C@@H](C)[C@H](O)CCCCOCc2ccc(OC)cc2)OC(C)=O)[C@H](C)[C@H]1OCOC. The molecule has 58 heavy (non-hydrogen) atoms. The number of unbranched alkanes of at least 4 members (excludes halogenated alkanes) is 1. The van der Waals surface area contributed by atoms with E-state index in [1.165, 1.54) is 6.92 Å². The molecule has 1 unspecified atom stereocenters. The summed E-state index contributed by atoms with van der Waals surface area (Å²) in [6.07, 6.45) is -4.24. The molecule has 0 aliphatic carbocycles. The van der Waals surface area contributed by atoms with Crippen LogP contribution in [0, 0.1) is 11.8 Å². The molecule has 0 spiro atoms. The lowest BCUT2D eigenvalue weighted by Crippen LogP contribution is -2.65. The average molecular weight is 859 g/mol. The van der Waals surface area contributed by atoms with E-state index in [-0.39, 0.29) is 35.9 Å². The number of esters is 1. The molecule has 1 aliphatic rings. The summed E-state index contributed by atoms with van der Waals surface area (Å²) < 4.78 is 61.5. The first-order valence-corrected chi connectivity index (χ1v) is 26.5. The van der Waals surface area contributed by atoms with Crippen molar-refractivity contribution < 1.29 is 61.4 Å². The van der Waals surface area contributed by atoms with Gasteiger partial charge in [0.1, 0.15) is 43.4 Å². The van der Waals surface area contributed by atoms with Gasteiger partial charge in [-0.2, -0.15) is 0 Å². The van der Waals surface area contributed by atoms with E-state index in [1.807, 2.05) is 31.2 Å². The number of rotatable bonds is 25. The first kappa shape index (κ1) is 52.4. The van der Waals surface area contributed by atoms with Crippen LogP contribution in [0.25, 0.3) is 0 Å². The molecule has 2 rings (SSSR count). The van der Waals surface area contributed by atoms with E-state index < -0.39 is 77.4 Å². The third kappa shape index (κ3) is 15.6. The molecule has 1 aromatic carbocycles. The van der Waals surface area contributed by atoms with Crippen LogP contribution in [0.1, 0.15) is 93.6 Å². The zero-order chi connectivity index (χ0) is 44.1. The van der Waals surface area contributed by atoms with E-state index in [4.69, 9.17) is 46.7 Å². The molecule has 336 valence electrons. The van der Waals surface area contributed by atoms with Crippen LogP contribution in [0.5, 0.6) is 5.75 Å². The minimum absolute atomic E-state index is 0.0226. The smallest absolute Gasteiger partial charge is 0.303 e. The Balaban J connectivity index is 2.42. The normalized spacial score (nSPS) is 22.9. The van der Waals surface area contributed by atoms with Gasteiger partial charge in [0.25, 0.3) is 0 Å². The van der Waals surface area contributed by atoms with E-state index in [9.17, 15) is 14.7 Å². The fourth-order valence-corrected chi connectivity index (χ4v) is 8.72.